The van der Waals surface area contributed by atoms with Crippen molar-refractivity contribution in [2.24, 2.45) is 0 Å². The van der Waals surface area contributed by atoms with Gasteiger partial charge in [0, 0.05) is 13.8 Å². The predicted molar refractivity (Wildman–Crippen MR) is 156 cm³/mol. The van der Waals surface area contributed by atoms with Crippen molar-refractivity contribution in [3.05, 3.63) is 0 Å². The van der Waals surface area contributed by atoms with Crippen LogP contribution < -0.4 is 10.6 Å². The third-order valence-corrected chi connectivity index (χ3v) is 8.94. The molecule has 51 heavy (non-hydrogen) atoms. The molecule has 0 aliphatic carbocycles. The summed E-state index contributed by atoms with van der Waals surface area (Å²) in [5, 5.41) is 120. The van der Waals surface area contributed by atoms with Gasteiger partial charge in [-0.15, -0.1) is 0 Å². The Morgan fingerprint density at radius 1 is 0.569 bits per heavy atom. The molecule has 4 heterocycles. The molecule has 4 aliphatic heterocycles. The lowest BCUT2D eigenvalue weighted by atomic mass is 9.94. The van der Waals surface area contributed by atoms with Crippen LogP contribution in [0.25, 0.3) is 0 Å². The quantitative estimate of drug-likeness (QED) is 0.0933. The summed E-state index contributed by atoms with van der Waals surface area (Å²) in [7, 11) is 0. The van der Waals surface area contributed by atoms with Gasteiger partial charge in [0.25, 0.3) is 0 Å². The first-order valence-electron chi connectivity index (χ1n) is 15.9. The smallest absolute Gasteiger partial charge is 0.335 e. The largest absolute Gasteiger partial charge is 0.479 e. The fourth-order valence-electron chi connectivity index (χ4n) is 6.26. The van der Waals surface area contributed by atoms with Gasteiger partial charge in [-0.1, -0.05) is 0 Å². The normalized spacial score (nSPS) is 47.7. The molecule has 0 aromatic carbocycles. The van der Waals surface area contributed by atoms with Gasteiger partial charge in [-0.25, -0.2) is 4.79 Å². The molecular weight excluding hydrogens is 700 g/mol. The summed E-state index contributed by atoms with van der Waals surface area (Å²) in [6, 6.07) is -3.13. The molecule has 23 nitrogen and oxygen atoms in total. The fourth-order valence-corrected chi connectivity index (χ4v) is 6.26. The number of carboxylic acids is 1. The van der Waals surface area contributed by atoms with E-state index in [-0.39, 0.29) is 0 Å². The average Bonchev–Trinajstić information content (AvgIpc) is 3.06. The average molecular weight is 747 g/mol. The monoisotopic (exact) mass is 746 g/mol. The number of amides is 2. The van der Waals surface area contributed by atoms with E-state index in [9.17, 15) is 70.6 Å². The van der Waals surface area contributed by atoms with Crippen LogP contribution in [0.15, 0.2) is 0 Å². The number of aliphatic hydroxyl groups excluding tert-OH is 10. The van der Waals surface area contributed by atoms with E-state index in [1.807, 2.05) is 0 Å². The first-order chi connectivity index (χ1) is 23.9. The molecule has 13 N–H and O–H groups in total. The second-order valence-electron chi connectivity index (χ2n) is 12.6. The zero-order valence-electron chi connectivity index (χ0n) is 27.5. The third-order valence-electron chi connectivity index (χ3n) is 8.94. The van der Waals surface area contributed by atoms with Crippen molar-refractivity contribution in [3.8, 4) is 0 Å². The van der Waals surface area contributed by atoms with Gasteiger partial charge in [-0.2, -0.15) is 0 Å². The minimum atomic E-state index is -2.21. The maximum atomic E-state index is 12.4. The van der Waals surface area contributed by atoms with Crippen LogP contribution in [0.1, 0.15) is 20.8 Å². The fraction of sp³-hybridized carbons (Fsp3) is 0.893. The molecule has 0 saturated carbocycles. The van der Waals surface area contributed by atoms with Crippen molar-refractivity contribution in [2.45, 2.75) is 143 Å². The van der Waals surface area contributed by atoms with Crippen LogP contribution in [0.2, 0.25) is 0 Å². The van der Waals surface area contributed by atoms with Gasteiger partial charge in [-0.3, -0.25) is 9.59 Å². The highest BCUT2D eigenvalue weighted by Crippen LogP contribution is 2.34. The Balaban J connectivity index is 1.60. The number of hydrogen-bond acceptors (Lipinski definition) is 20. The van der Waals surface area contributed by atoms with E-state index >= 15 is 0 Å². The molecule has 4 aliphatic rings. The zero-order valence-corrected chi connectivity index (χ0v) is 27.5. The SMILES string of the molecule is CC(=O)N[C@H]1[C@H](O[C@@H]2[C@H](O)[C@@H](O)[C@@H](O[C@H]3[C@H](O)[C@@H](C)OC(O)[C@@H]3NC(C)=O)O[C@@H]2C(=O)O)O[C@H](CO)[C@@H](O)[C@@H]1O[C@@H]1O[C@H](CO)[C@H](O)[C@H](O)[C@H]1O. The van der Waals surface area contributed by atoms with Crippen LogP contribution >= 0.6 is 0 Å². The van der Waals surface area contributed by atoms with Gasteiger partial charge < -0.3 is 100.0 Å². The van der Waals surface area contributed by atoms with Gasteiger partial charge in [0.2, 0.25) is 11.8 Å². The first-order valence-corrected chi connectivity index (χ1v) is 15.9. The Kier molecular flexibility index (Phi) is 14.0. The standard InChI is InChI=1S/C28H46N2O21/c1-6-13(35)20(11(25(44)45-6)29-7(2)33)48-28-19(41)17(39)22(23(51-28)24(42)43)50-26-12(30-8(3)34)21(15(37)10(5-32)46-26)49-27-18(40)16(38)14(36)9(4-31)47-27/h6,9-23,25-28,31-32,35-41,44H,4-5H2,1-3H3,(H,29,33)(H,30,34)(H,42,43)/t6-,9-,10-,11-,12-,13-,14+,15-,16+,17-,18-,19-,20-,21-,22-,23+,25?,26+,27+,28+/m1/s1. The van der Waals surface area contributed by atoms with Crippen LogP contribution in [0.5, 0.6) is 0 Å². The Morgan fingerprint density at radius 3 is 1.59 bits per heavy atom. The van der Waals surface area contributed by atoms with Gasteiger partial charge in [0.15, 0.2) is 31.3 Å². The summed E-state index contributed by atoms with van der Waals surface area (Å²) in [5.74, 6) is -3.28. The molecule has 4 fully saturated rings. The lowest BCUT2D eigenvalue weighted by molar-refractivity contribution is -0.369. The number of carbonyl (C=O) groups excluding carboxylic acids is 2. The molecule has 4 saturated heterocycles. The highest BCUT2D eigenvalue weighted by molar-refractivity contribution is 5.74. The molecule has 2 amide bonds. The van der Waals surface area contributed by atoms with E-state index in [1.165, 1.54) is 6.92 Å². The van der Waals surface area contributed by atoms with E-state index in [0.717, 1.165) is 13.8 Å². The summed E-state index contributed by atoms with van der Waals surface area (Å²) >= 11 is 0. The Hall–Kier alpha value is -2.27. The molecule has 1 unspecified atom stereocenters. The molecule has 0 spiro atoms. The second kappa shape index (κ2) is 17.3. The Labute approximate surface area is 289 Å². The highest BCUT2D eigenvalue weighted by Gasteiger charge is 2.57. The van der Waals surface area contributed by atoms with Crippen LogP contribution in [-0.2, 0) is 47.5 Å². The van der Waals surface area contributed by atoms with Crippen molar-refractivity contribution in [1.29, 1.82) is 0 Å². The van der Waals surface area contributed by atoms with Crippen molar-refractivity contribution in [3.63, 3.8) is 0 Å². The molecule has 0 radical (unpaired) electrons. The molecule has 0 bridgehead atoms. The molecule has 294 valence electrons. The number of ether oxygens (including phenoxy) is 7. The lowest BCUT2D eigenvalue weighted by Crippen LogP contribution is -2.70. The van der Waals surface area contributed by atoms with E-state index in [1.54, 1.807) is 0 Å². The van der Waals surface area contributed by atoms with Crippen molar-refractivity contribution >= 4 is 17.8 Å². The minimum Gasteiger partial charge on any atom is -0.479 e. The van der Waals surface area contributed by atoms with E-state index in [0.29, 0.717) is 0 Å². The molecular formula is C28H46N2O21. The maximum Gasteiger partial charge on any atom is 0.335 e. The Morgan fingerprint density at radius 2 is 1.04 bits per heavy atom. The molecule has 0 aromatic rings. The van der Waals surface area contributed by atoms with E-state index in [2.05, 4.69) is 10.6 Å². The summed E-state index contributed by atoms with van der Waals surface area (Å²) in [6.45, 7) is 1.68. The number of carboxylic acid groups (broad SMARTS) is 1. The number of rotatable bonds is 11. The zero-order chi connectivity index (χ0) is 38.1. The summed E-state index contributed by atoms with van der Waals surface area (Å²) in [6.07, 6.45) is -32.9. The number of aliphatic hydroxyl groups is 10. The van der Waals surface area contributed by atoms with Crippen LogP contribution in [0.4, 0.5) is 0 Å². The number of nitrogens with one attached hydrogen (secondary N) is 2. The number of aliphatic carboxylic acids is 1. The van der Waals surface area contributed by atoms with Crippen molar-refractivity contribution in [2.75, 3.05) is 13.2 Å². The Bertz CT molecular complexity index is 1200. The van der Waals surface area contributed by atoms with Gasteiger partial charge in [-0.05, 0) is 6.92 Å². The summed E-state index contributed by atoms with van der Waals surface area (Å²) in [5.41, 5.74) is 0. The van der Waals surface area contributed by atoms with Crippen molar-refractivity contribution < 1.29 is 104 Å². The molecule has 23 heteroatoms. The van der Waals surface area contributed by atoms with E-state index < -0.39 is 154 Å². The summed E-state index contributed by atoms with van der Waals surface area (Å²) < 4.78 is 38.7. The molecule has 20 atom stereocenters. The highest BCUT2D eigenvalue weighted by atomic mass is 16.8. The van der Waals surface area contributed by atoms with Crippen molar-refractivity contribution in [1.82, 2.24) is 10.6 Å². The van der Waals surface area contributed by atoms with Crippen LogP contribution in [-0.4, -0.2) is 210 Å². The predicted octanol–water partition coefficient (Wildman–Crippen LogP) is -8.34. The van der Waals surface area contributed by atoms with Crippen LogP contribution in [0.3, 0.4) is 0 Å². The van der Waals surface area contributed by atoms with Gasteiger partial charge in [0.1, 0.15) is 85.3 Å². The van der Waals surface area contributed by atoms with Gasteiger partial charge in [0.05, 0.1) is 19.3 Å². The lowest BCUT2D eigenvalue weighted by Gasteiger charge is -2.49. The van der Waals surface area contributed by atoms with E-state index in [4.69, 9.17) is 33.2 Å². The molecule has 0 aromatic heterocycles. The topological polar surface area (TPSA) is 362 Å². The van der Waals surface area contributed by atoms with Crippen LogP contribution in [0, 0.1) is 0 Å². The van der Waals surface area contributed by atoms with Gasteiger partial charge >= 0.3 is 5.97 Å². The molecule has 4 rings (SSSR count). The summed E-state index contributed by atoms with van der Waals surface area (Å²) in [4.78, 5) is 36.5. The number of hydrogen-bond donors (Lipinski definition) is 13. The maximum absolute atomic E-state index is 12.4. The minimum absolute atomic E-state index is 0.679. The third kappa shape index (κ3) is 8.93. The second-order valence-corrected chi connectivity index (χ2v) is 12.6. The first kappa shape index (κ1) is 41.5. The number of carbonyl (C=O) groups is 3.